The van der Waals surface area contributed by atoms with Gasteiger partial charge < -0.3 is 10.6 Å². The van der Waals surface area contributed by atoms with Gasteiger partial charge in [-0.15, -0.1) is 11.3 Å². The van der Waals surface area contributed by atoms with E-state index in [2.05, 4.69) is 15.6 Å². The van der Waals surface area contributed by atoms with Gasteiger partial charge >= 0.3 is 0 Å². The highest BCUT2D eigenvalue weighted by Gasteiger charge is 2.07. The number of nitrogens with one attached hydrogen (secondary N) is 2. The van der Waals surface area contributed by atoms with Crippen molar-refractivity contribution in [3.63, 3.8) is 0 Å². The Bertz CT molecular complexity index is 260. The van der Waals surface area contributed by atoms with E-state index >= 15 is 0 Å². The Labute approximate surface area is 81.4 Å². The lowest BCUT2D eigenvalue weighted by Crippen LogP contribution is -2.32. The van der Waals surface area contributed by atoms with Gasteiger partial charge in [0.2, 0.25) is 5.91 Å². The van der Waals surface area contributed by atoms with Crippen molar-refractivity contribution in [2.45, 2.75) is 13.0 Å². The standard InChI is InChI=1S/C8H13N3OS/c1-6(7-3-10-5-13-7)11-4-8(12)9-2/h3,5-6,11H,4H2,1-2H3,(H,9,12). The predicted octanol–water partition coefficient (Wildman–Crippen LogP) is 0.540. The second kappa shape index (κ2) is 4.94. The molecule has 2 N–H and O–H groups in total. The van der Waals surface area contributed by atoms with Crippen LogP contribution in [0.1, 0.15) is 17.8 Å². The van der Waals surface area contributed by atoms with Crippen LogP contribution in [-0.2, 0) is 4.79 Å². The number of nitrogens with zero attached hydrogens (tertiary/aromatic N) is 1. The van der Waals surface area contributed by atoms with Crippen LogP contribution in [0.15, 0.2) is 11.7 Å². The van der Waals surface area contributed by atoms with Crippen molar-refractivity contribution in [1.82, 2.24) is 15.6 Å². The zero-order chi connectivity index (χ0) is 9.68. The van der Waals surface area contributed by atoms with Crippen LogP contribution in [0.25, 0.3) is 0 Å². The van der Waals surface area contributed by atoms with Crippen LogP contribution in [0.3, 0.4) is 0 Å². The van der Waals surface area contributed by atoms with Crippen LogP contribution >= 0.6 is 11.3 Å². The lowest BCUT2D eigenvalue weighted by atomic mass is 10.3. The molecule has 1 atom stereocenters. The van der Waals surface area contributed by atoms with Gasteiger partial charge in [-0.25, -0.2) is 0 Å². The molecule has 1 rings (SSSR count). The van der Waals surface area contributed by atoms with E-state index in [9.17, 15) is 4.79 Å². The third-order valence-electron chi connectivity index (χ3n) is 1.73. The maximum absolute atomic E-state index is 10.9. The van der Waals surface area contributed by atoms with Crippen LogP contribution in [-0.4, -0.2) is 24.5 Å². The molecule has 0 aliphatic rings. The largest absolute Gasteiger partial charge is 0.358 e. The molecule has 0 spiro atoms. The minimum atomic E-state index is -0.00337. The third-order valence-corrected chi connectivity index (χ3v) is 2.68. The van der Waals surface area contributed by atoms with E-state index in [0.29, 0.717) is 6.54 Å². The van der Waals surface area contributed by atoms with E-state index in [4.69, 9.17) is 0 Å². The molecular formula is C8H13N3OS. The van der Waals surface area contributed by atoms with E-state index in [1.807, 2.05) is 13.1 Å². The lowest BCUT2D eigenvalue weighted by Gasteiger charge is -2.09. The summed E-state index contributed by atoms with van der Waals surface area (Å²) in [4.78, 5) is 16.0. The van der Waals surface area contributed by atoms with E-state index in [1.54, 1.807) is 23.9 Å². The molecule has 0 bridgehead atoms. The molecule has 0 aromatic carbocycles. The predicted molar refractivity (Wildman–Crippen MR) is 52.6 cm³/mol. The smallest absolute Gasteiger partial charge is 0.233 e. The first-order valence-corrected chi connectivity index (χ1v) is 4.94. The zero-order valence-corrected chi connectivity index (χ0v) is 8.52. The summed E-state index contributed by atoms with van der Waals surface area (Å²) < 4.78 is 0. The Morgan fingerprint density at radius 3 is 3.08 bits per heavy atom. The van der Waals surface area contributed by atoms with Crippen LogP contribution in [0.4, 0.5) is 0 Å². The number of carbonyl (C=O) groups excluding carboxylic acids is 1. The molecule has 4 nitrogen and oxygen atoms in total. The third kappa shape index (κ3) is 3.12. The van der Waals surface area contributed by atoms with Gasteiger partial charge in [-0.1, -0.05) is 0 Å². The highest BCUT2D eigenvalue weighted by molar-refractivity contribution is 7.09. The van der Waals surface area contributed by atoms with E-state index in [-0.39, 0.29) is 11.9 Å². The Morgan fingerprint density at radius 2 is 2.54 bits per heavy atom. The van der Waals surface area contributed by atoms with Gasteiger partial charge in [0.05, 0.1) is 12.1 Å². The van der Waals surface area contributed by atoms with Gasteiger partial charge in [-0.05, 0) is 6.92 Å². The van der Waals surface area contributed by atoms with Crippen molar-refractivity contribution < 1.29 is 4.79 Å². The van der Waals surface area contributed by atoms with Crippen LogP contribution in [0.2, 0.25) is 0 Å². The molecule has 0 fully saturated rings. The Balaban J connectivity index is 2.34. The van der Waals surface area contributed by atoms with Gasteiger partial charge in [-0.2, -0.15) is 0 Å². The molecule has 0 aliphatic heterocycles. The lowest BCUT2D eigenvalue weighted by molar-refractivity contribution is -0.119. The second-order valence-corrected chi connectivity index (χ2v) is 3.60. The molecule has 0 saturated carbocycles. The minimum absolute atomic E-state index is 0.00337. The molecule has 0 saturated heterocycles. The summed E-state index contributed by atoms with van der Waals surface area (Å²) in [5.41, 5.74) is 1.79. The summed E-state index contributed by atoms with van der Waals surface area (Å²) in [6.07, 6.45) is 1.81. The van der Waals surface area contributed by atoms with Crippen molar-refractivity contribution in [3.05, 3.63) is 16.6 Å². The summed E-state index contributed by atoms with van der Waals surface area (Å²) in [7, 11) is 1.63. The SMILES string of the molecule is CNC(=O)CNC(C)c1cncs1. The van der Waals surface area contributed by atoms with Crippen molar-refractivity contribution in [1.29, 1.82) is 0 Å². The van der Waals surface area contributed by atoms with Crippen molar-refractivity contribution in [2.24, 2.45) is 0 Å². The van der Waals surface area contributed by atoms with Crippen molar-refractivity contribution in [2.75, 3.05) is 13.6 Å². The Morgan fingerprint density at radius 1 is 1.77 bits per heavy atom. The average Bonchev–Trinajstić information content (AvgIpc) is 2.66. The normalized spacial score (nSPS) is 12.5. The highest BCUT2D eigenvalue weighted by Crippen LogP contribution is 2.15. The van der Waals surface area contributed by atoms with Crippen molar-refractivity contribution >= 4 is 17.2 Å². The molecule has 1 unspecified atom stereocenters. The van der Waals surface area contributed by atoms with E-state index < -0.39 is 0 Å². The van der Waals surface area contributed by atoms with Crippen LogP contribution in [0.5, 0.6) is 0 Å². The summed E-state index contributed by atoms with van der Waals surface area (Å²) in [5, 5.41) is 5.65. The molecule has 1 aromatic heterocycles. The van der Waals surface area contributed by atoms with Gasteiger partial charge in [-0.3, -0.25) is 9.78 Å². The number of rotatable bonds is 4. The van der Waals surface area contributed by atoms with Crippen molar-refractivity contribution in [3.8, 4) is 0 Å². The minimum Gasteiger partial charge on any atom is -0.358 e. The number of aromatic nitrogens is 1. The van der Waals surface area contributed by atoms with Gasteiger partial charge in [0, 0.05) is 24.2 Å². The first-order chi connectivity index (χ1) is 6.24. The first kappa shape index (κ1) is 10.1. The summed E-state index contributed by atoms with van der Waals surface area (Å²) >= 11 is 1.58. The van der Waals surface area contributed by atoms with Crippen LogP contribution in [0, 0.1) is 0 Å². The molecule has 1 amide bonds. The number of hydrogen-bond donors (Lipinski definition) is 2. The van der Waals surface area contributed by atoms with Crippen LogP contribution < -0.4 is 10.6 Å². The Hall–Kier alpha value is -0.940. The first-order valence-electron chi connectivity index (χ1n) is 4.06. The molecule has 13 heavy (non-hydrogen) atoms. The maximum atomic E-state index is 10.9. The number of hydrogen-bond acceptors (Lipinski definition) is 4. The molecule has 0 aliphatic carbocycles. The molecule has 0 radical (unpaired) electrons. The quantitative estimate of drug-likeness (QED) is 0.744. The fourth-order valence-electron chi connectivity index (χ4n) is 0.874. The summed E-state index contributed by atoms with van der Waals surface area (Å²) in [5.74, 6) is -0.00337. The van der Waals surface area contributed by atoms with Gasteiger partial charge in [0.15, 0.2) is 0 Å². The monoisotopic (exact) mass is 199 g/mol. The molecule has 72 valence electrons. The second-order valence-electron chi connectivity index (χ2n) is 2.68. The molecule has 1 aromatic rings. The molecule has 5 heteroatoms. The summed E-state index contributed by atoms with van der Waals surface area (Å²) in [6, 6.07) is 0.185. The zero-order valence-electron chi connectivity index (χ0n) is 7.70. The highest BCUT2D eigenvalue weighted by atomic mass is 32.1. The Kier molecular flexibility index (Phi) is 3.85. The number of thiazole rings is 1. The average molecular weight is 199 g/mol. The number of amides is 1. The fraction of sp³-hybridized carbons (Fsp3) is 0.500. The summed E-state index contributed by atoms with van der Waals surface area (Å²) in [6.45, 7) is 2.35. The van der Waals surface area contributed by atoms with E-state index in [0.717, 1.165) is 4.88 Å². The topological polar surface area (TPSA) is 54.0 Å². The molecular weight excluding hydrogens is 186 g/mol. The van der Waals surface area contributed by atoms with Gasteiger partial charge in [0.25, 0.3) is 0 Å². The maximum Gasteiger partial charge on any atom is 0.233 e. The number of carbonyl (C=O) groups is 1. The van der Waals surface area contributed by atoms with Gasteiger partial charge in [0.1, 0.15) is 0 Å². The molecule has 1 heterocycles. The van der Waals surface area contributed by atoms with E-state index in [1.165, 1.54) is 0 Å². The fourth-order valence-corrected chi connectivity index (χ4v) is 1.53. The number of likely N-dealkylation sites (N-methyl/N-ethyl adjacent to an activating group) is 1.